The smallest absolute Gasteiger partial charge is 0.311 e. The van der Waals surface area contributed by atoms with Crippen molar-refractivity contribution in [2.45, 2.75) is 32.4 Å². The van der Waals surface area contributed by atoms with Crippen LogP contribution in [0.2, 0.25) is 0 Å². The zero-order valence-electron chi connectivity index (χ0n) is 10.9. The van der Waals surface area contributed by atoms with Gasteiger partial charge in [-0.3, -0.25) is 14.9 Å². The predicted molar refractivity (Wildman–Crippen MR) is 69.8 cm³/mol. The molecule has 7 heteroatoms. The SMILES string of the molecule is CC(C)N1C[C@@H](Nc2ncccc2[N+](=O)[O-])CC1=O. The van der Waals surface area contributed by atoms with Gasteiger partial charge < -0.3 is 10.2 Å². The number of hydrogen-bond acceptors (Lipinski definition) is 5. The first-order valence-corrected chi connectivity index (χ1v) is 6.14. The summed E-state index contributed by atoms with van der Waals surface area (Å²) in [4.78, 5) is 27.9. The maximum atomic E-state index is 11.8. The number of pyridine rings is 1. The van der Waals surface area contributed by atoms with Crippen molar-refractivity contribution in [3.63, 3.8) is 0 Å². The Bertz CT molecular complexity index is 504. The Hall–Kier alpha value is -2.18. The number of likely N-dealkylation sites (tertiary alicyclic amines) is 1. The molecule has 102 valence electrons. The number of nitro groups is 1. The largest absolute Gasteiger partial charge is 0.359 e. The first kappa shape index (κ1) is 13.3. The molecule has 1 aromatic rings. The van der Waals surface area contributed by atoms with Crippen LogP contribution < -0.4 is 5.32 Å². The van der Waals surface area contributed by atoms with Gasteiger partial charge in [0.2, 0.25) is 11.7 Å². The lowest BCUT2D eigenvalue weighted by molar-refractivity contribution is -0.384. The Morgan fingerprint density at radius 1 is 1.58 bits per heavy atom. The van der Waals surface area contributed by atoms with Crippen molar-refractivity contribution in [1.82, 2.24) is 9.88 Å². The quantitative estimate of drug-likeness (QED) is 0.656. The average molecular weight is 264 g/mol. The third kappa shape index (κ3) is 2.81. The summed E-state index contributed by atoms with van der Waals surface area (Å²) in [5.41, 5.74) is -0.0713. The van der Waals surface area contributed by atoms with Gasteiger partial charge in [-0.05, 0) is 19.9 Å². The number of nitrogens with zero attached hydrogens (tertiary/aromatic N) is 3. The molecule has 0 aliphatic carbocycles. The van der Waals surface area contributed by atoms with Crippen LogP contribution in [0.1, 0.15) is 20.3 Å². The first-order chi connectivity index (χ1) is 8.99. The molecule has 0 bridgehead atoms. The molecule has 2 heterocycles. The molecule has 1 aliphatic heterocycles. The molecule has 0 spiro atoms. The fourth-order valence-electron chi connectivity index (χ4n) is 2.18. The van der Waals surface area contributed by atoms with Crippen molar-refractivity contribution in [3.8, 4) is 0 Å². The molecule has 2 rings (SSSR count). The molecule has 0 saturated carbocycles. The van der Waals surface area contributed by atoms with Crippen molar-refractivity contribution >= 4 is 17.4 Å². The van der Waals surface area contributed by atoms with Crippen LogP contribution in [0, 0.1) is 10.1 Å². The second-order valence-electron chi connectivity index (χ2n) is 4.81. The fraction of sp³-hybridized carbons (Fsp3) is 0.500. The molecular weight excluding hydrogens is 248 g/mol. The molecule has 1 amide bonds. The molecule has 1 aliphatic rings. The number of carbonyl (C=O) groups is 1. The maximum Gasteiger partial charge on any atom is 0.311 e. The standard InChI is InChI=1S/C12H16N4O3/c1-8(2)15-7-9(6-11(15)17)14-12-10(16(18)19)4-3-5-13-12/h3-5,8-9H,6-7H2,1-2H3,(H,13,14)/t9-/m0/s1. The van der Waals surface area contributed by atoms with E-state index in [9.17, 15) is 14.9 Å². The van der Waals surface area contributed by atoms with E-state index in [0.29, 0.717) is 13.0 Å². The third-order valence-electron chi connectivity index (χ3n) is 3.11. The Balaban J connectivity index is 2.11. The molecule has 1 N–H and O–H groups in total. The second kappa shape index (κ2) is 5.21. The van der Waals surface area contributed by atoms with Crippen molar-refractivity contribution in [2.24, 2.45) is 0 Å². The highest BCUT2D eigenvalue weighted by atomic mass is 16.6. The minimum Gasteiger partial charge on any atom is -0.359 e. The molecule has 1 aromatic heterocycles. The Labute approximate surface area is 110 Å². The molecule has 0 radical (unpaired) electrons. The lowest BCUT2D eigenvalue weighted by atomic mass is 10.2. The fourth-order valence-corrected chi connectivity index (χ4v) is 2.18. The van der Waals surface area contributed by atoms with Crippen LogP contribution in [0.25, 0.3) is 0 Å². The number of nitrogens with one attached hydrogen (secondary N) is 1. The monoisotopic (exact) mass is 264 g/mol. The van der Waals surface area contributed by atoms with Crippen LogP contribution in [-0.4, -0.2) is 39.3 Å². The number of amides is 1. The van der Waals surface area contributed by atoms with E-state index in [1.165, 1.54) is 18.3 Å². The molecule has 0 unspecified atom stereocenters. The van der Waals surface area contributed by atoms with E-state index >= 15 is 0 Å². The molecule has 1 fully saturated rings. The lowest BCUT2D eigenvalue weighted by Crippen LogP contribution is -2.33. The molecule has 1 saturated heterocycles. The Morgan fingerprint density at radius 2 is 2.32 bits per heavy atom. The maximum absolute atomic E-state index is 11.8. The molecule has 7 nitrogen and oxygen atoms in total. The van der Waals surface area contributed by atoms with Crippen molar-refractivity contribution in [1.29, 1.82) is 0 Å². The van der Waals surface area contributed by atoms with Gasteiger partial charge in [0.1, 0.15) is 0 Å². The predicted octanol–water partition coefficient (Wildman–Crippen LogP) is 1.41. The Kier molecular flexibility index (Phi) is 3.64. The van der Waals surface area contributed by atoms with Crippen LogP contribution in [0.3, 0.4) is 0 Å². The van der Waals surface area contributed by atoms with Gasteiger partial charge in [0.05, 0.1) is 11.0 Å². The summed E-state index contributed by atoms with van der Waals surface area (Å²) in [6, 6.07) is 2.91. The normalized spacial score (nSPS) is 19.0. The topological polar surface area (TPSA) is 88.4 Å². The van der Waals surface area contributed by atoms with E-state index in [0.717, 1.165) is 0 Å². The zero-order valence-corrected chi connectivity index (χ0v) is 10.9. The van der Waals surface area contributed by atoms with Gasteiger partial charge in [-0.2, -0.15) is 0 Å². The van der Waals surface area contributed by atoms with E-state index in [-0.39, 0.29) is 29.5 Å². The molecule has 19 heavy (non-hydrogen) atoms. The molecule has 0 aromatic carbocycles. The minimum absolute atomic E-state index is 0.0612. The number of anilines is 1. The first-order valence-electron chi connectivity index (χ1n) is 6.14. The van der Waals surface area contributed by atoms with Gasteiger partial charge in [-0.15, -0.1) is 0 Å². The second-order valence-corrected chi connectivity index (χ2v) is 4.81. The highest BCUT2D eigenvalue weighted by Crippen LogP contribution is 2.24. The Morgan fingerprint density at radius 3 is 2.89 bits per heavy atom. The van der Waals surface area contributed by atoms with E-state index in [1.807, 2.05) is 13.8 Å². The summed E-state index contributed by atoms with van der Waals surface area (Å²) < 4.78 is 0. The molecule has 1 atom stereocenters. The highest BCUT2D eigenvalue weighted by molar-refractivity contribution is 5.80. The number of carbonyl (C=O) groups excluding carboxylic acids is 1. The highest BCUT2D eigenvalue weighted by Gasteiger charge is 2.32. The number of aromatic nitrogens is 1. The van der Waals surface area contributed by atoms with E-state index in [2.05, 4.69) is 10.3 Å². The zero-order chi connectivity index (χ0) is 14.0. The van der Waals surface area contributed by atoms with Crippen LogP contribution in [0.15, 0.2) is 18.3 Å². The summed E-state index contributed by atoms with van der Waals surface area (Å²) >= 11 is 0. The van der Waals surface area contributed by atoms with Crippen molar-refractivity contribution in [3.05, 3.63) is 28.4 Å². The van der Waals surface area contributed by atoms with Gasteiger partial charge in [0.15, 0.2) is 0 Å². The van der Waals surface area contributed by atoms with Gasteiger partial charge in [-0.1, -0.05) is 0 Å². The summed E-state index contributed by atoms with van der Waals surface area (Å²) in [6.45, 7) is 4.44. The summed E-state index contributed by atoms with van der Waals surface area (Å²) in [6.07, 6.45) is 1.83. The van der Waals surface area contributed by atoms with E-state index < -0.39 is 4.92 Å². The van der Waals surface area contributed by atoms with Crippen molar-refractivity contribution < 1.29 is 9.72 Å². The van der Waals surface area contributed by atoms with Crippen LogP contribution >= 0.6 is 0 Å². The van der Waals surface area contributed by atoms with Crippen molar-refractivity contribution in [2.75, 3.05) is 11.9 Å². The summed E-state index contributed by atoms with van der Waals surface area (Å²) in [5.74, 6) is 0.280. The summed E-state index contributed by atoms with van der Waals surface area (Å²) in [7, 11) is 0. The van der Waals surface area contributed by atoms with Gasteiger partial charge in [-0.25, -0.2) is 4.98 Å². The van der Waals surface area contributed by atoms with Gasteiger partial charge >= 0.3 is 5.69 Å². The third-order valence-corrected chi connectivity index (χ3v) is 3.11. The average Bonchev–Trinajstić information content (AvgIpc) is 2.71. The number of rotatable bonds is 4. The number of hydrogen-bond donors (Lipinski definition) is 1. The van der Waals surface area contributed by atoms with Crippen LogP contribution in [0.5, 0.6) is 0 Å². The summed E-state index contributed by atoms with van der Waals surface area (Å²) in [5, 5.41) is 13.9. The minimum atomic E-state index is -0.480. The van der Waals surface area contributed by atoms with Crippen LogP contribution in [-0.2, 0) is 4.79 Å². The van der Waals surface area contributed by atoms with E-state index in [4.69, 9.17) is 0 Å². The van der Waals surface area contributed by atoms with E-state index in [1.54, 1.807) is 4.90 Å². The molecular formula is C12H16N4O3. The van der Waals surface area contributed by atoms with Gasteiger partial charge in [0, 0.05) is 31.3 Å². The van der Waals surface area contributed by atoms with Crippen LogP contribution in [0.4, 0.5) is 11.5 Å². The lowest BCUT2D eigenvalue weighted by Gasteiger charge is -2.21. The van der Waals surface area contributed by atoms with Gasteiger partial charge in [0.25, 0.3) is 0 Å².